The second-order valence-corrected chi connectivity index (χ2v) is 13.6. The van der Waals surface area contributed by atoms with Crippen molar-refractivity contribution in [3.63, 3.8) is 0 Å². The summed E-state index contributed by atoms with van der Waals surface area (Å²) < 4.78 is 7.76. The zero-order chi connectivity index (χ0) is 25.3. The van der Waals surface area contributed by atoms with Crippen LogP contribution in [0.1, 0.15) is 53.6 Å². The molecule has 8 heteroatoms. The lowest BCUT2D eigenvalue weighted by Crippen LogP contribution is -2.27. The van der Waals surface area contributed by atoms with E-state index in [-0.39, 0.29) is 11.3 Å². The molecular weight excluding hydrogens is 706 g/mol. The van der Waals surface area contributed by atoms with Gasteiger partial charge in [0.2, 0.25) is 0 Å². The molecule has 0 bridgehead atoms. The number of amides is 1. The van der Waals surface area contributed by atoms with Crippen LogP contribution in [-0.4, -0.2) is 19.2 Å². The Balaban J connectivity index is 1.75. The van der Waals surface area contributed by atoms with Gasteiger partial charge in [-0.15, -0.1) is 11.3 Å². The Hall–Kier alpha value is -1.17. The van der Waals surface area contributed by atoms with Gasteiger partial charge < -0.3 is 10.1 Å². The van der Waals surface area contributed by atoms with Gasteiger partial charge in [-0.1, -0.05) is 32.4 Å². The normalized spacial score (nSPS) is 15.8. The number of benzene rings is 2. The first-order valence-corrected chi connectivity index (χ1v) is 14.7. The van der Waals surface area contributed by atoms with E-state index in [2.05, 4.69) is 77.3 Å². The molecule has 0 radical (unpaired) electrons. The van der Waals surface area contributed by atoms with Crippen LogP contribution in [0.25, 0.3) is 0 Å². The van der Waals surface area contributed by atoms with E-state index in [0.29, 0.717) is 22.2 Å². The van der Waals surface area contributed by atoms with Crippen molar-refractivity contribution < 1.29 is 9.53 Å². The minimum Gasteiger partial charge on any atom is -0.495 e. The number of hydrogen-bond acceptors (Lipinski definition) is 4. The maximum atomic E-state index is 13.5. The van der Waals surface area contributed by atoms with Crippen molar-refractivity contribution in [1.29, 1.82) is 0 Å². The number of anilines is 1. The van der Waals surface area contributed by atoms with Crippen molar-refractivity contribution >= 4 is 90.9 Å². The van der Waals surface area contributed by atoms with Gasteiger partial charge in [-0.2, -0.15) is 0 Å². The second kappa shape index (κ2) is 11.1. The van der Waals surface area contributed by atoms with Crippen molar-refractivity contribution in [2.75, 3.05) is 12.4 Å². The number of ether oxygens (including phenoxy) is 1. The van der Waals surface area contributed by atoms with E-state index in [1.54, 1.807) is 30.6 Å². The maximum Gasteiger partial charge on any atom is 0.259 e. The summed E-state index contributed by atoms with van der Waals surface area (Å²) in [5.74, 6) is 1.24. The Morgan fingerprint density at radius 3 is 2.60 bits per heavy atom. The molecule has 1 aromatic heterocycles. The smallest absolute Gasteiger partial charge is 0.259 e. The summed E-state index contributed by atoms with van der Waals surface area (Å²) in [6.45, 7) is 6.90. The second-order valence-electron chi connectivity index (χ2n) is 9.72. The van der Waals surface area contributed by atoms with Crippen LogP contribution in [-0.2, 0) is 12.8 Å². The number of rotatable bonds is 5. The van der Waals surface area contributed by atoms with Crippen LogP contribution in [0, 0.1) is 18.5 Å². The van der Waals surface area contributed by atoms with Crippen molar-refractivity contribution in [3.8, 4) is 5.75 Å². The number of methoxy groups -OCH3 is 1. The third-order valence-corrected chi connectivity index (χ3v) is 9.20. The Labute approximate surface area is 243 Å². The first-order chi connectivity index (χ1) is 16.6. The van der Waals surface area contributed by atoms with Crippen LogP contribution >= 0.6 is 68.1 Å². The Morgan fingerprint density at radius 1 is 1.23 bits per heavy atom. The molecule has 0 saturated carbocycles. The maximum absolute atomic E-state index is 13.5. The van der Waals surface area contributed by atoms with Gasteiger partial charge in [0.05, 0.1) is 16.2 Å². The molecule has 0 fully saturated rings. The molecule has 184 valence electrons. The van der Waals surface area contributed by atoms with E-state index in [1.807, 2.05) is 24.4 Å². The van der Waals surface area contributed by atoms with Gasteiger partial charge in [-0.05, 0) is 118 Å². The number of fused-ring (bicyclic) bond motifs is 1. The van der Waals surface area contributed by atoms with Crippen molar-refractivity contribution in [2.24, 2.45) is 16.3 Å². The molecule has 2 aromatic carbocycles. The number of halogens is 3. The number of aliphatic imine (C=N–C) groups is 1. The third kappa shape index (κ3) is 6.22. The Kier molecular flexibility index (Phi) is 8.50. The summed E-state index contributed by atoms with van der Waals surface area (Å²) in [5, 5.41) is 4.43. The highest BCUT2D eigenvalue weighted by Gasteiger charge is 2.33. The van der Waals surface area contributed by atoms with Crippen LogP contribution in [0.2, 0.25) is 5.02 Å². The fourth-order valence-corrected chi connectivity index (χ4v) is 7.89. The van der Waals surface area contributed by atoms with Gasteiger partial charge in [-0.25, -0.2) is 4.99 Å². The van der Waals surface area contributed by atoms with E-state index in [1.165, 1.54) is 4.88 Å². The topological polar surface area (TPSA) is 50.7 Å². The van der Waals surface area contributed by atoms with E-state index in [9.17, 15) is 4.79 Å². The molecule has 0 spiro atoms. The first-order valence-electron chi connectivity index (χ1n) is 11.4. The third-order valence-electron chi connectivity index (χ3n) is 6.36. The van der Waals surface area contributed by atoms with Gasteiger partial charge in [0.1, 0.15) is 10.8 Å². The molecule has 1 N–H and O–H groups in total. The van der Waals surface area contributed by atoms with E-state index < -0.39 is 0 Å². The van der Waals surface area contributed by atoms with E-state index in [0.717, 1.165) is 48.3 Å². The Bertz CT molecular complexity index is 1280. The van der Waals surface area contributed by atoms with E-state index in [4.69, 9.17) is 21.3 Å². The SMILES string of the molecule is COc1c(I)cc(I)cc1C=Nc1sc2c(c1C(=O)Nc1ccc(Cl)cc1)CC[C@@H](C(C)(C)C)C2. The molecular formula is C27H27ClI2N2O2S. The summed E-state index contributed by atoms with van der Waals surface area (Å²) in [7, 11) is 1.67. The molecule has 3 aromatic rings. The fraction of sp³-hybridized carbons (Fsp3) is 0.333. The Morgan fingerprint density at radius 2 is 1.94 bits per heavy atom. The average Bonchev–Trinajstić information content (AvgIpc) is 3.16. The van der Waals surface area contributed by atoms with E-state index >= 15 is 0 Å². The molecule has 1 aliphatic rings. The number of carbonyl (C=O) groups excluding carboxylic acids is 1. The molecule has 0 unspecified atom stereocenters. The fourth-order valence-electron chi connectivity index (χ4n) is 4.38. The number of nitrogens with one attached hydrogen (secondary N) is 1. The lowest BCUT2D eigenvalue weighted by atomic mass is 9.72. The van der Waals surface area contributed by atoms with Gasteiger partial charge in [0.15, 0.2) is 0 Å². The van der Waals surface area contributed by atoms with Gasteiger partial charge >= 0.3 is 0 Å². The van der Waals surface area contributed by atoms with Crippen molar-refractivity contribution in [1.82, 2.24) is 0 Å². The van der Waals surface area contributed by atoms with Crippen LogP contribution in [0.5, 0.6) is 5.75 Å². The number of nitrogens with zero attached hydrogens (tertiary/aromatic N) is 1. The quantitative estimate of drug-likeness (QED) is 0.211. The molecule has 4 rings (SSSR count). The number of carbonyl (C=O) groups is 1. The van der Waals surface area contributed by atoms with Crippen LogP contribution in [0.4, 0.5) is 10.7 Å². The lowest BCUT2D eigenvalue weighted by Gasteiger charge is -2.33. The average molecular weight is 733 g/mol. The molecule has 1 aliphatic carbocycles. The minimum atomic E-state index is -0.129. The summed E-state index contributed by atoms with van der Waals surface area (Å²) in [6.07, 6.45) is 4.75. The molecule has 35 heavy (non-hydrogen) atoms. The highest BCUT2D eigenvalue weighted by Crippen LogP contribution is 2.45. The summed E-state index contributed by atoms with van der Waals surface area (Å²) in [4.78, 5) is 19.7. The molecule has 1 heterocycles. The monoisotopic (exact) mass is 732 g/mol. The highest BCUT2D eigenvalue weighted by atomic mass is 127. The molecule has 1 atom stereocenters. The molecule has 4 nitrogen and oxygen atoms in total. The predicted molar refractivity (Wildman–Crippen MR) is 164 cm³/mol. The van der Waals surface area contributed by atoms with Crippen LogP contribution in [0.15, 0.2) is 41.4 Å². The van der Waals surface area contributed by atoms with Crippen molar-refractivity contribution in [3.05, 3.63) is 70.1 Å². The summed E-state index contributed by atoms with van der Waals surface area (Å²) in [6, 6.07) is 11.3. The van der Waals surface area contributed by atoms with Crippen LogP contribution in [0.3, 0.4) is 0 Å². The van der Waals surface area contributed by atoms with Gasteiger partial charge in [-0.3, -0.25) is 4.79 Å². The highest BCUT2D eigenvalue weighted by molar-refractivity contribution is 14.1. The van der Waals surface area contributed by atoms with Gasteiger partial charge in [0, 0.05) is 30.9 Å². The molecule has 1 amide bonds. The zero-order valence-electron chi connectivity index (χ0n) is 20.0. The minimum absolute atomic E-state index is 0.129. The largest absolute Gasteiger partial charge is 0.495 e. The standard InChI is InChI=1S/C27H27ClI2N2O2S/c1-27(2,3)16-5-10-20-22(12-16)35-26(23(20)25(33)32-19-8-6-17(28)7-9-19)31-14-15-11-18(29)13-21(30)24(15)34-4/h6-9,11,13-14,16H,5,10,12H2,1-4H3,(H,32,33)/t16-/m1/s1. The number of thiophene rings is 1. The summed E-state index contributed by atoms with van der Waals surface area (Å²) in [5.41, 5.74) is 3.65. The molecule has 0 aliphatic heterocycles. The van der Waals surface area contributed by atoms with Gasteiger partial charge in [0.25, 0.3) is 5.91 Å². The lowest BCUT2D eigenvalue weighted by molar-refractivity contribution is 0.102. The zero-order valence-corrected chi connectivity index (χ0v) is 25.9. The predicted octanol–water partition coefficient (Wildman–Crippen LogP) is 8.77. The summed E-state index contributed by atoms with van der Waals surface area (Å²) >= 11 is 12.2. The number of hydrogen-bond donors (Lipinski definition) is 1. The van der Waals surface area contributed by atoms with Crippen LogP contribution < -0.4 is 10.1 Å². The first kappa shape index (κ1) is 26.9. The molecule has 0 saturated heterocycles. The van der Waals surface area contributed by atoms with Crippen molar-refractivity contribution in [2.45, 2.75) is 40.0 Å².